The molecule has 1 saturated carbocycles. The molecule has 1 spiro atoms. The maximum absolute atomic E-state index is 12.2. The number of hydrogen-bond donors (Lipinski definition) is 2. The number of guanidine groups is 1. The van der Waals surface area contributed by atoms with Crippen molar-refractivity contribution in [2.75, 3.05) is 31.5 Å². The number of amides is 1. The average molecular weight is 466 g/mol. The topological polar surface area (TPSA) is 56.7 Å². The van der Waals surface area contributed by atoms with Crippen LogP contribution in [0, 0.1) is 17.8 Å². The van der Waals surface area contributed by atoms with E-state index < -0.39 is 0 Å². The fourth-order valence-electron chi connectivity index (χ4n) is 3.66. The van der Waals surface area contributed by atoms with Crippen molar-refractivity contribution in [3.63, 3.8) is 0 Å². The zero-order chi connectivity index (χ0) is 17.7. The minimum absolute atomic E-state index is 0. The molecule has 0 bridgehead atoms. The Hall–Kier alpha value is -1.75. The molecule has 0 unspecified atom stereocenters. The molecule has 0 radical (unpaired) electrons. The summed E-state index contributed by atoms with van der Waals surface area (Å²) in [7, 11) is 0. The number of likely N-dealkylation sites (tertiary alicyclic amines) is 1. The Labute approximate surface area is 173 Å². The first-order valence-corrected chi connectivity index (χ1v) is 9.04. The molecular weight excluding hydrogens is 439 g/mol. The lowest BCUT2D eigenvalue weighted by molar-refractivity contribution is -0.114. The molecule has 140 valence electrons. The number of halogens is 1. The summed E-state index contributed by atoms with van der Waals surface area (Å²) in [4.78, 5) is 19.1. The second-order valence-corrected chi connectivity index (χ2v) is 6.97. The SMILES string of the molecule is C#Cc1cccc(NC(=O)CN=C(NCC)N2CCC3(CCC3)C2)c1.I. The second kappa shape index (κ2) is 9.26. The maximum atomic E-state index is 12.2. The van der Waals surface area contributed by atoms with Gasteiger partial charge in [-0.2, -0.15) is 0 Å². The van der Waals surface area contributed by atoms with E-state index in [1.807, 2.05) is 18.2 Å². The predicted octanol–water partition coefficient (Wildman–Crippen LogP) is 3.07. The molecule has 6 heteroatoms. The fraction of sp³-hybridized carbons (Fsp3) is 0.500. The van der Waals surface area contributed by atoms with Crippen LogP contribution in [-0.2, 0) is 4.79 Å². The van der Waals surface area contributed by atoms with E-state index in [9.17, 15) is 4.79 Å². The number of carbonyl (C=O) groups excluding carboxylic acids is 1. The van der Waals surface area contributed by atoms with E-state index in [0.717, 1.165) is 31.2 Å². The van der Waals surface area contributed by atoms with Crippen molar-refractivity contribution in [2.45, 2.75) is 32.6 Å². The normalized spacial score (nSPS) is 17.8. The van der Waals surface area contributed by atoms with Crippen LogP contribution in [0.25, 0.3) is 0 Å². The summed E-state index contributed by atoms with van der Waals surface area (Å²) < 4.78 is 0. The van der Waals surface area contributed by atoms with Crippen LogP contribution in [0.4, 0.5) is 5.69 Å². The van der Waals surface area contributed by atoms with Gasteiger partial charge < -0.3 is 15.5 Å². The molecule has 1 amide bonds. The molecule has 0 atom stereocenters. The summed E-state index contributed by atoms with van der Waals surface area (Å²) in [6.07, 6.45) is 10.6. The van der Waals surface area contributed by atoms with E-state index in [0.29, 0.717) is 11.1 Å². The third kappa shape index (κ3) is 4.91. The summed E-state index contributed by atoms with van der Waals surface area (Å²) in [6.45, 7) is 5.04. The first-order chi connectivity index (χ1) is 12.1. The van der Waals surface area contributed by atoms with Crippen LogP contribution in [0.1, 0.15) is 38.2 Å². The molecule has 2 fully saturated rings. The van der Waals surface area contributed by atoms with Gasteiger partial charge in [0.2, 0.25) is 5.91 Å². The van der Waals surface area contributed by atoms with Gasteiger partial charge in [0, 0.05) is 30.9 Å². The second-order valence-electron chi connectivity index (χ2n) is 6.97. The van der Waals surface area contributed by atoms with E-state index >= 15 is 0 Å². The first kappa shape index (κ1) is 20.6. The van der Waals surface area contributed by atoms with Crippen molar-refractivity contribution < 1.29 is 4.79 Å². The van der Waals surface area contributed by atoms with Crippen LogP contribution in [0.15, 0.2) is 29.3 Å². The number of benzene rings is 1. The number of carbonyl (C=O) groups is 1. The molecule has 1 saturated heterocycles. The summed E-state index contributed by atoms with van der Waals surface area (Å²) in [5.41, 5.74) is 1.96. The summed E-state index contributed by atoms with van der Waals surface area (Å²) >= 11 is 0. The van der Waals surface area contributed by atoms with Gasteiger partial charge in [0.05, 0.1) is 0 Å². The van der Waals surface area contributed by atoms with Crippen molar-refractivity contribution in [1.29, 1.82) is 0 Å². The van der Waals surface area contributed by atoms with Gasteiger partial charge in [0.25, 0.3) is 0 Å². The Morgan fingerprint density at radius 1 is 1.38 bits per heavy atom. The lowest BCUT2D eigenvalue weighted by atomic mass is 9.68. The van der Waals surface area contributed by atoms with E-state index in [-0.39, 0.29) is 36.4 Å². The molecule has 1 aromatic rings. The van der Waals surface area contributed by atoms with Crippen molar-refractivity contribution in [2.24, 2.45) is 10.4 Å². The minimum Gasteiger partial charge on any atom is -0.357 e. The van der Waals surface area contributed by atoms with Crippen LogP contribution in [0.3, 0.4) is 0 Å². The molecule has 2 N–H and O–H groups in total. The van der Waals surface area contributed by atoms with Crippen molar-refractivity contribution in [3.05, 3.63) is 29.8 Å². The third-order valence-corrected chi connectivity index (χ3v) is 5.17. The highest BCUT2D eigenvalue weighted by Crippen LogP contribution is 2.47. The van der Waals surface area contributed by atoms with Crippen LogP contribution in [-0.4, -0.2) is 42.9 Å². The summed E-state index contributed by atoms with van der Waals surface area (Å²) in [6, 6.07) is 7.28. The molecule has 0 aromatic heterocycles. The Bertz CT molecular complexity index is 706. The largest absolute Gasteiger partial charge is 0.357 e. The lowest BCUT2D eigenvalue weighted by Crippen LogP contribution is -2.43. The van der Waals surface area contributed by atoms with Crippen molar-refractivity contribution in [1.82, 2.24) is 10.2 Å². The number of hydrogen-bond acceptors (Lipinski definition) is 2. The van der Waals surface area contributed by atoms with Gasteiger partial charge in [-0.25, -0.2) is 4.99 Å². The predicted molar refractivity (Wildman–Crippen MR) is 117 cm³/mol. The quantitative estimate of drug-likeness (QED) is 0.311. The zero-order valence-corrected chi connectivity index (χ0v) is 17.6. The summed E-state index contributed by atoms with van der Waals surface area (Å²) in [5.74, 6) is 3.28. The zero-order valence-electron chi connectivity index (χ0n) is 15.3. The van der Waals surface area contributed by atoms with Gasteiger partial charge in [0.1, 0.15) is 6.54 Å². The first-order valence-electron chi connectivity index (χ1n) is 9.04. The molecule has 1 aromatic carbocycles. The Morgan fingerprint density at radius 2 is 2.19 bits per heavy atom. The fourth-order valence-corrected chi connectivity index (χ4v) is 3.66. The third-order valence-electron chi connectivity index (χ3n) is 5.17. The van der Waals surface area contributed by atoms with Crippen LogP contribution < -0.4 is 10.6 Å². The number of rotatable bonds is 4. The highest BCUT2D eigenvalue weighted by molar-refractivity contribution is 14.0. The number of anilines is 1. The molecule has 26 heavy (non-hydrogen) atoms. The Kier molecular flexibility index (Phi) is 7.33. The number of nitrogens with zero attached hydrogens (tertiary/aromatic N) is 2. The standard InChI is InChI=1S/C20H26N4O.HI/c1-3-16-7-5-8-17(13-16)23-18(25)14-22-19(21-4-2)24-12-11-20(15-24)9-6-10-20;/h1,5,7-8,13H,4,6,9-12,14-15H2,2H3,(H,21,22)(H,23,25);1H. The lowest BCUT2D eigenvalue weighted by Gasteiger charge is -2.38. The summed E-state index contributed by atoms with van der Waals surface area (Å²) in [5, 5.41) is 6.17. The molecule has 1 heterocycles. The Balaban J connectivity index is 0.00000243. The maximum Gasteiger partial charge on any atom is 0.246 e. The van der Waals surface area contributed by atoms with Crippen molar-refractivity contribution >= 4 is 41.5 Å². The monoisotopic (exact) mass is 466 g/mol. The van der Waals surface area contributed by atoms with Crippen LogP contribution in [0.5, 0.6) is 0 Å². The smallest absolute Gasteiger partial charge is 0.246 e. The molecule has 1 aliphatic heterocycles. The van der Waals surface area contributed by atoms with E-state index in [1.54, 1.807) is 6.07 Å². The van der Waals surface area contributed by atoms with Crippen molar-refractivity contribution in [3.8, 4) is 12.3 Å². The Morgan fingerprint density at radius 3 is 2.81 bits per heavy atom. The molecule has 3 rings (SSSR count). The number of terminal acetylenes is 1. The van der Waals surface area contributed by atoms with Crippen LogP contribution >= 0.6 is 24.0 Å². The number of aliphatic imine (C=N–C) groups is 1. The van der Waals surface area contributed by atoms with Gasteiger partial charge in [-0.3, -0.25) is 4.79 Å². The highest BCUT2D eigenvalue weighted by Gasteiger charge is 2.43. The molecule has 1 aliphatic carbocycles. The average Bonchev–Trinajstić information content (AvgIpc) is 3.04. The highest BCUT2D eigenvalue weighted by atomic mass is 127. The van der Waals surface area contributed by atoms with E-state index in [4.69, 9.17) is 6.42 Å². The van der Waals surface area contributed by atoms with Crippen LogP contribution in [0.2, 0.25) is 0 Å². The molecule has 5 nitrogen and oxygen atoms in total. The molecular formula is C20H27IN4O. The molecule has 2 aliphatic rings. The van der Waals surface area contributed by atoms with Gasteiger partial charge in [-0.05, 0) is 49.8 Å². The van der Waals surface area contributed by atoms with E-state index in [1.165, 1.54) is 25.7 Å². The van der Waals surface area contributed by atoms with Gasteiger partial charge in [0.15, 0.2) is 5.96 Å². The number of nitrogens with one attached hydrogen (secondary N) is 2. The van der Waals surface area contributed by atoms with Gasteiger partial charge >= 0.3 is 0 Å². The minimum atomic E-state index is -0.137. The van der Waals surface area contributed by atoms with Gasteiger partial charge in [-0.1, -0.05) is 18.4 Å². The van der Waals surface area contributed by atoms with E-state index in [2.05, 4.69) is 33.4 Å². The van der Waals surface area contributed by atoms with Gasteiger partial charge in [-0.15, -0.1) is 30.4 Å².